The van der Waals surface area contributed by atoms with Crippen molar-refractivity contribution in [1.82, 2.24) is 4.57 Å². The summed E-state index contributed by atoms with van der Waals surface area (Å²) in [6.07, 6.45) is 2.21. The summed E-state index contributed by atoms with van der Waals surface area (Å²) in [4.78, 5) is 12.1. The zero-order chi connectivity index (χ0) is 15.2. The average molecular weight is 304 g/mol. The molecular formula is C15H16N2O3S. The summed E-state index contributed by atoms with van der Waals surface area (Å²) in [6, 6.07) is 8.37. The highest BCUT2D eigenvalue weighted by Crippen LogP contribution is 2.28. The summed E-state index contributed by atoms with van der Waals surface area (Å²) in [5.41, 5.74) is 3.34. The van der Waals surface area contributed by atoms with Crippen molar-refractivity contribution >= 4 is 15.8 Å². The Morgan fingerprint density at radius 2 is 1.95 bits per heavy atom. The lowest BCUT2D eigenvalue weighted by atomic mass is 9.96. The van der Waals surface area contributed by atoms with E-state index in [0.29, 0.717) is 6.42 Å². The third kappa shape index (κ3) is 2.41. The number of sulfonamides is 1. The van der Waals surface area contributed by atoms with Crippen LogP contribution in [0.2, 0.25) is 0 Å². The van der Waals surface area contributed by atoms with Gasteiger partial charge in [-0.25, -0.2) is 13.6 Å². The second kappa shape index (κ2) is 4.82. The van der Waals surface area contributed by atoms with E-state index >= 15 is 0 Å². The summed E-state index contributed by atoms with van der Waals surface area (Å²) in [5.74, 6) is 0.153. The first-order chi connectivity index (χ1) is 9.88. The molecule has 110 valence electrons. The first-order valence-electron chi connectivity index (χ1n) is 6.75. The predicted octanol–water partition coefficient (Wildman–Crippen LogP) is 1.95. The largest absolute Gasteiger partial charge is 0.317 e. The van der Waals surface area contributed by atoms with Crippen LogP contribution >= 0.6 is 0 Å². The van der Waals surface area contributed by atoms with Crippen LogP contribution in [0.5, 0.6) is 0 Å². The van der Waals surface area contributed by atoms with Gasteiger partial charge in [-0.05, 0) is 44.0 Å². The molecule has 0 saturated heterocycles. The molecule has 1 aliphatic rings. The van der Waals surface area contributed by atoms with Crippen molar-refractivity contribution in [2.24, 2.45) is 5.14 Å². The number of nitrogens with two attached hydrogens (primary N) is 1. The van der Waals surface area contributed by atoms with Gasteiger partial charge in [0.05, 0.1) is 4.90 Å². The molecule has 21 heavy (non-hydrogen) atoms. The molecule has 0 spiro atoms. The van der Waals surface area contributed by atoms with E-state index in [1.807, 2.05) is 23.6 Å². The molecule has 1 aliphatic carbocycles. The summed E-state index contributed by atoms with van der Waals surface area (Å²) < 4.78 is 24.9. The van der Waals surface area contributed by atoms with Crippen LogP contribution in [0.1, 0.15) is 34.6 Å². The van der Waals surface area contributed by atoms with Crippen LogP contribution in [0.3, 0.4) is 0 Å². The zero-order valence-electron chi connectivity index (χ0n) is 11.7. The number of hydrogen-bond donors (Lipinski definition) is 1. The SMILES string of the molecule is Cc1cc2c(n1-c1cccc(S(N)(=O)=O)c1)CCCC2=O. The first-order valence-corrected chi connectivity index (χ1v) is 8.30. The van der Waals surface area contributed by atoms with E-state index in [1.165, 1.54) is 6.07 Å². The number of nitrogens with zero attached hydrogens (tertiary/aromatic N) is 1. The second-order valence-electron chi connectivity index (χ2n) is 5.30. The van der Waals surface area contributed by atoms with E-state index < -0.39 is 10.0 Å². The molecule has 1 aromatic carbocycles. The normalized spacial score (nSPS) is 15.0. The smallest absolute Gasteiger partial charge is 0.238 e. The molecule has 2 aromatic rings. The van der Waals surface area contributed by atoms with Gasteiger partial charge in [0, 0.05) is 29.1 Å². The first kappa shape index (κ1) is 14.0. The molecule has 0 radical (unpaired) electrons. The zero-order valence-corrected chi connectivity index (χ0v) is 12.5. The van der Waals surface area contributed by atoms with Crippen LogP contribution < -0.4 is 5.14 Å². The maximum Gasteiger partial charge on any atom is 0.238 e. The average Bonchev–Trinajstić information content (AvgIpc) is 2.76. The van der Waals surface area contributed by atoms with E-state index in [4.69, 9.17) is 5.14 Å². The summed E-state index contributed by atoms with van der Waals surface area (Å²) in [5, 5.41) is 5.19. The third-order valence-electron chi connectivity index (χ3n) is 3.81. The van der Waals surface area contributed by atoms with Crippen LogP contribution in [0.25, 0.3) is 5.69 Å². The fourth-order valence-electron chi connectivity index (χ4n) is 2.89. The Balaban J connectivity index is 2.20. The lowest BCUT2D eigenvalue weighted by molar-refractivity contribution is 0.0972. The van der Waals surface area contributed by atoms with Gasteiger partial charge in [-0.2, -0.15) is 0 Å². The number of rotatable bonds is 2. The molecule has 0 saturated carbocycles. The molecule has 1 heterocycles. The fraction of sp³-hybridized carbons (Fsp3) is 0.267. The van der Waals surface area contributed by atoms with Crippen molar-refractivity contribution in [2.45, 2.75) is 31.1 Å². The molecule has 0 bridgehead atoms. The van der Waals surface area contributed by atoms with Gasteiger partial charge in [0.1, 0.15) is 0 Å². The van der Waals surface area contributed by atoms with Crippen LogP contribution in [0.4, 0.5) is 0 Å². The van der Waals surface area contributed by atoms with Gasteiger partial charge >= 0.3 is 0 Å². The number of hydrogen-bond acceptors (Lipinski definition) is 3. The van der Waals surface area contributed by atoms with E-state index in [-0.39, 0.29) is 10.7 Å². The van der Waals surface area contributed by atoms with Gasteiger partial charge < -0.3 is 4.57 Å². The van der Waals surface area contributed by atoms with Crippen molar-refractivity contribution in [1.29, 1.82) is 0 Å². The molecule has 0 atom stereocenters. The van der Waals surface area contributed by atoms with Gasteiger partial charge in [0.2, 0.25) is 10.0 Å². The topological polar surface area (TPSA) is 82.2 Å². The number of carbonyl (C=O) groups is 1. The van der Waals surface area contributed by atoms with E-state index in [9.17, 15) is 13.2 Å². The molecule has 0 unspecified atom stereocenters. The highest BCUT2D eigenvalue weighted by Gasteiger charge is 2.23. The van der Waals surface area contributed by atoms with Crippen molar-refractivity contribution in [3.63, 3.8) is 0 Å². The Morgan fingerprint density at radius 3 is 2.67 bits per heavy atom. The summed E-state index contributed by atoms with van der Waals surface area (Å²) >= 11 is 0. The molecule has 0 fully saturated rings. The van der Waals surface area contributed by atoms with Gasteiger partial charge in [-0.15, -0.1) is 0 Å². The molecule has 0 aliphatic heterocycles. The summed E-state index contributed by atoms with van der Waals surface area (Å²) in [6.45, 7) is 1.91. The monoisotopic (exact) mass is 304 g/mol. The minimum Gasteiger partial charge on any atom is -0.317 e. The number of Topliss-reactive ketones (excluding diaryl/α,β-unsaturated/α-hetero) is 1. The van der Waals surface area contributed by atoms with Crippen LogP contribution in [-0.2, 0) is 16.4 Å². The molecule has 6 heteroatoms. The Labute approximate surface area is 123 Å². The van der Waals surface area contributed by atoms with Gasteiger partial charge in [0.15, 0.2) is 5.78 Å². The Kier molecular flexibility index (Phi) is 3.22. The number of benzene rings is 1. The highest BCUT2D eigenvalue weighted by molar-refractivity contribution is 7.89. The van der Waals surface area contributed by atoms with Crippen molar-refractivity contribution in [3.05, 3.63) is 47.3 Å². The van der Waals surface area contributed by atoms with Crippen molar-refractivity contribution in [2.75, 3.05) is 0 Å². The molecule has 1 aromatic heterocycles. The Morgan fingerprint density at radius 1 is 1.19 bits per heavy atom. The van der Waals surface area contributed by atoms with Crippen molar-refractivity contribution < 1.29 is 13.2 Å². The number of fused-ring (bicyclic) bond motifs is 1. The number of aromatic nitrogens is 1. The number of primary sulfonamides is 1. The molecule has 2 N–H and O–H groups in total. The maximum absolute atomic E-state index is 12.0. The highest BCUT2D eigenvalue weighted by atomic mass is 32.2. The Bertz CT molecular complexity index is 835. The minimum absolute atomic E-state index is 0.0731. The molecule has 5 nitrogen and oxygen atoms in total. The molecule has 3 rings (SSSR count). The van der Waals surface area contributed by atoms with Crippen LogP contribution in [0, 0.1) is 6.92 Å². The third-order valence-corrected chi connectivity index (χ3v) is 4.72. The van der Waals surface area contributed by atoms with Crippen molar-refractivity contribution in [3.8, 4) is 5.69 Å². The maximum atomic E-state index is 12.0. The van der Waals surface area contributed by atoms with Gasteiger partial charge in [-0.1, -0.05) is 6.07 Å². The van der Waals surface area contributed by atoms with Crippen LogP contribution in [-0.4, -0.2) is 18.8 Å². The lowest BCUT2D eigenvalue weighted by Gasteiger charge is -2.16. The molecular weight excluding hydrogens is 288 g/mol. The van der Waals surface area contributed by atoms with Crippen LogP contribution in [0.15, 0.2) is 35.2 Å². The van der Waals surface area contributed by atoms with E-state index in [0.717, 1.165) is 35.5 Å². The van der Waals surface area contributed by atoms with Gasteiger partial charge in [-0.3, -0.25) is 4.79 Å². The fourth-order valence-corrected chi connectivity index (χ4v) is 3.44. The van der Waals surface area contributed by atoms with E-state index in [1.54, 1.807) is 12.1 Å². The molecule has 0 amide bonds. The number of carbonyl (C=O) groups excluding carboxylic acids is 1. The minimum atomic E-state index is -3.74. The second-order valence-corrected chi connectivity index (χ2v) is 6.86. The summed E-state index contributed by atoms with van der Waals surface area (Å²) in [7, 11) is -3.74. The number of aryl methyl sites for hydroxylation is 1. The lowest BCUT2D eigenvalue weighted by Crippen LogP contribution is -2.14. The quantitative estimate of drug-likeness (QED) is 0.920. The standard InChI is InChI=1S/C15H16N2O3S/c1-10-8-13-14(6-3-7-15(13)18)17(10)11-4-2-5-12(9-11)21(16,19)20/h2,4-5,8-9H,3,6-7H2,1H3,(H2,16,19,20). The number of ketones is 1. The van der Waals surface area contributed by atoms with E-state index in [2.05, 4.69) is 0 Å². The van der Waals surface area contributed by atoms with Gasteiger partial charge in [0.25, 0.3) is 0 Å². The Hall–Kier alpha value is -1.92. The predicted molar refractivity (Wildman–Crippen MR) is 79.1 cm³/mol.